The minimum Gasteiger partial charge on any atom is -0.493 e. The van der Waals surface area contributed by atoms with Crippen LogP contribution in [0, 0.1) is 0 Å². The van der Waals surface area contributed by atoms with E-state index in [0.717, 1.165) is 12.1 Å². The fourth-order valence-corrected chi connectivity index (χ4v) is 6.25. The van der Waals surface area contributed by atoms with Gasteiger partial charge in [0, 0.05) is 44.0 Å². The second-order valence-electron chi connectivity index (χ2n) is 10.8. The van der Waals surface area contributed by atoms with Gasteiger partial charge in [0.05, 0.1) is 38.9 Å². The first-order valence-corrected chi connectivity index (χ1v) is 14.5. The van der Waals surface area contributed by atoms with E-state index in [1.807, 2.05) is 24.0 Å². The number of hydrogen-bond acceptors (Lipinski definition) is 6. The fraction of sp³-hybridized carbons (Fsp3) is 0.394. The van der Waals surface area contributed by atoms with Crippen molar-refractivity contribution in [3.8, 4) is 17.2 Å². The van der Waals surface area contributed by atoms with Crippen molar-refractivity contribution in [3.63, 3.8) is 0 Å². The lowest BCUT2D eigenvalue weighted by Gasteiger charge is -2.45. The number of ether oxygens (including phenoxy) is 3. The smallest absolute Gasteiger partial charge is 0.416 e. The van der Waals surface area contributed by atoms with E-state index in [4.69, 9.17) is 14.2 Å². The fourth-order valence-electron chi connectivity index (χ4n) is 6.25. The molecule has 234 valence electrons. The molecular weight excluding hydrogens is 575 g/mol. The van der Waals surface area contributed by atoms with Gasteiger partial charge in [-0.25, -0.2) is 0 Å². The van der Waals surface area contributed by atoms with E-state index in [1.54, 1.807) is 40.1 Å². The topological polar surface area (TPSA) is 71.6 Å². The van der Waals surface area contributed by atoms with Gasteiger partial charge in [0.15, 0.2) is 11.5 Å². The molecule has 2 aliphatic heterocycles. The zero-order chi connectivity index (χ0) is 31.6. The van der Waals surface area contributed by atoms with Crippen LogP contribution in [0.1, 0.15) is 52.4 Å². The summed E-state index contributed by atoms with van der Waals surface area (Å²) in [4.78, 5) is 33.8. The van der Waals surface area contributed by atoms with Crippen molar-refractivity contribution in [2.75, 3.05) is 59.0 Å². The van der Waals surface area contributed by atoms with E-state index < -0.39 is 23.7 Å². The Balaban J connectivity index is 1.52. The van der Waals surface area contributed by atoms with Crippen LogP contribution in [0.3, 0.4) is 0 Å². The molecule has 11 heteroatoms. The third-order valence-electron chi connectivity index (χ3n) is 8.33. The molecule has 3 aromatic carbocycles. The Kier molecular flexibility index (Phi) is 8.94. The molecule has 3 aromatic rings. The maximum absolute atomic E-state index is 14.6. The van der Waals surface area contributed by atoms with Crippen LogP contribution in [0.2, 0.25) is 0 Å². The summed E-state index contributed by atoms with van der Waals surface area (Å²) in [5, 5.41) is 0. The maximum atomic E-state index is 14.6. The highest BCUT2D eigenvalue weighted by Crippen LogP contribution is 2.48. The Morgan fingerprint density at radius 3 is 2.14 bits per heavy atom. The standard InChI is InChI=1S/C33H36F3N3O5/c1-5-13-39-29(21-18-26(42-2)30(44-4)27(19-21)43-3)28(24-11-6-7-12-25(24)31(39)40)32(41)38-16-14-37(15-17-38)23-10-8-9-22(20-23)33(34,35)36/h6-12,18-20,28-29H,5,13-17H2,1-4H3/t28-,29-/m0/s1. The number of carbonyl (C=O) groups is 2. The van der Waals surface area contributed by atoms with Gasteiger partial charge in [0.1, 0.15) is 0 Å². The molecule has 5 rings (SSSR count). The van der Waals surface area contributed by atoms with E-state index >= 15 is 0 Å². The van der Waals surface area contributed by atoms with E-state index in [2.05, 4.69) is 0 Å². The second-order valence-corrected chi connectivity index (χ2v) is 10.8. The predicted octanol–water partition coefficient (Wildman–Crippen LogP) is 5.77. The number of piperazine rings is 1. The number of carbonyl (C=O) groups excluding carboxylic acids is 2. The number of amides is 2. The second kappa shape index (κ2) is 12.7. The number of anilines is 1. The molecule has 2 amide bonds. The molecule has 0 spiro atoms. The molecule has 0 unspecified atom stereocenters. The van der Waals surface area contributed by atoms with Crippen LogP contribution in [0.5, 0.6) is 17.2 Å². The Labute approximate surface area is 254 Å². The van der Waals surface area contributed by atoms with Crippen LogP contribution in [0.4, 0.5) is 18.9 Å². The first-order chi connectivity index (χ1) is 21.1. The van der Waals surface area contributed by atoms with Crippen LogP contribution >= 0.6 is 0 Å². The van der Waals surface area contributed by atoms with Gasteiger partial charge < -0.3 is 28.9 Å². The third-order valence-corrected chi connectivity index (χ3v) is 8.33. The number of rotatable bonds is 8. The monoisotopic (exact) mass is 611 g/mol. The lowest BCUT2D eigenvalue weighted by Crippen LogP contribution is -2.53. The molecule has 1 saturated heterocycles. The van der Waals surface area contributed by atoms with Gasteiger partial charge in [-0.3, -0.25) is 9.59 Å². The maximum Gasteiger partial charge on any atom is 0.416 e. The molecule has 2 atom stereocenters. The number of halogens is 3. The summed E-state index contributed by atoms with van der Waals surface area (Å²) in [7, 11) is 4.53. The molecular formula is C33H36F3N3O5. The van der Waals surface area contributed by atoms with E-state index in [0.29, 0.717) is 78.8 Å². The molecule has 1 fully saturated rings. The van der Waals surface area contributed by atoms with Crippen LogP contribution in [0.25, 0.3) is 0 Å². The summed E-state index contributed by atoms with van der Waals surface area (Å²) in [5.74, 6) is 0.152. The third kappa shape index (κ3) is 5.75. The molecule has 0 N–H and O–H groups in total. The van der Waals surface area contributed by atoms with Crippen molar-refractivity contribution in [1.29, 1.82) is 0 Å². The first-order valence-electron chi connectivity index (χ1n) is 14.5. The van der Waals surface area contributed by atoms with Crippen LogP contribution < -0.4 is 19.1 Å². The van der Waals surface area contributed by atoms with Crippen LogP contribution in [-0.2, 0) is 11.0 Å². The zero-order valence-electron chi connectivity index (χ0n) is 25.2. The summed E-state index contributed by atoms with van der Waals surface area (Å²) >= 11 is 0. The molecule has 0 bridgehead atoms. The number of benzene rings is 3. The normalized spacial score (nSPS) is 18.6. The lowest BCUT2D eigenvalue weighted by atomic mass is 9.78. The Morgan fingerprint density at radius 1 is 0.886 bits per heavy atom. The van der Waals surface area contributed by atoms with E-state index in [9.17, 15) is 22.8 Å². The molecule has 0 aliphatic carbocycles. The Morgan fingerprint density at radius 2 is 1.55 bits per heavy atom. The van der Waals surface area contributed by atoms with Gasteiger partial charge in [-0.05, 0) is 53.9 Å². The zero-order valence-corrected chi connectivity index (χ0v) is 25.2. The van der Waals surface area contributed by atoms with Gasteiger partial charge in [0.2, 0.25) is 11.7 Å². The highest BCUT2D eigenvalue weighted by molar-refractivity contribution is 6.01. The van der Waals surface area contributed by atoms with E-state index in [-0.39, 0.29) is 11.8 Å². The average Bonchev–Trinajstić information content (AvgIpc) is 3.04. The predicted molar refractivity (Wildman–Crippen MR) is 160 cm³/mol. The summed E-state index contributed by atoms with van der Waals surface area (Å²) in [5.41, 5.74) is 1.53. The van der Waals surface area contributed by atoms with Crippen LogP contribution in [-0.4, -0.2) is 75.7 Å². The van der Waals surface area contributed by atoms with Gasteiger partial charge in [0.25, 0.3) is 5.91 Å². The molecule has 2 heterocycles. The molecule has 0 radical (unpaired) electrons. The minimum absolute atomic E-state index is 0.159. The molecule has 8 nitrogen and oxygen atoms in total. The number of methoxy groups -OCH3 is 3. The molecule has 2 aliphatic rings. The lowest BCUT2D eigenvalue weighted by molar-refractivity contribution is -0.137. The average molecular weight is 612 g/mol. The highest BCUT2D eigenvalue weighted by atomic mass is 19.4. The number of hydrogen-bond donors (Lipinski definition) is 0. The summed E-state index contributed by atoms with van der Waals surface area (Å²) in [6.07, 6.45) is -3.77. The SMILES string of the molecule is CCCN1C(=O)c2ccccc2[C@H](C(=O)N2CCN(c3cccc(C(F)(F)F)c3)CC2)[C@@H]1c1cc(OC)c(OC)c(OC)c1. The van der Waals surface area contributed by atoms with Gasteiger partial charge in [-0.15, -0.1) is 0 Å². The number of alkyl halides is 3. The number of nitrogens with zero attached hydrogens (tertiary/aromatic N) is 3. The van der Waals surface area contributed by atoms with Crippen molar-refractivity contribution >= 4 is 17.5 Å². The Bertz CT molecular complexity index is 1500. The van der Waals surface area contributed by atoms with Crippen molar-refractivity contribution in [2.45, 2.75) is 31.5 Å². The molecule has 0 saturated carbocycles. The van der Waals surface area contributed by atoms with Crippen molar-refractivity contribution < 1.29 is 37.0 Å². The first kappa shape index (κ1) is 31.0. The summed E-state index contributed by atoms with van der Waals surface area (Å²) in [6.45, 7) is 3.77. The quantitative estimate of drug-likeness (QED) is 0.322. The van der Waals surface area contributed by atoms with Gasteiger partial charge in [-0.2, -0.15) is 13.2 Å². The Hall–Kier alpha value is -4.41. The summed E-state index contributed by atoms with van der Waals surface area (Å²) in [6, 6.07) is 15.3. The van der Waals surface area contributed by atoms with Gasteiger partial charge in [-0.1, -0.05) is 31.2 Å². The largest absolute Gasteiger partial charge is 0.493 e. The van der Waals surface area contributed by atoms with Crippen molar-refractivity contribution in [2.24, 2.45) is 0 Å². The van der Waals surface area contributed by atoms with Crippen molar-refractivity contribution in [3.05, 3.63) is 82.9 Å². The molecule has 0 aromatic heterocycles. The van der Waals surface area contributed by atoms with Gasteiger partial charge >= 0.3 is 6.18 Å². The van der Waals surface area contributed by atoms with Crippen LogP contribution in [0.15, 0.2) is 60.7 Å². The summed E-state index contributed by atoms with van der Waals surface area (Å²) < 4.78 is 56.8. The molecule has 44 heavy (non-hydrogen) atoms. The highest BCUT2D eigenvalue weighted by Gasteiger charge is 2.46. The number of fused-ring (bicyclic) bond motifs is 1. The minimum atomic E-state index is -4.44. The van der Waals surface area contributed by atoms with Crippen molar-refractivity contribution in [1.82, 2.24) is 9.80 Å². The van der Waals surface area contributed by atoms with E-state index in [1.165, 1.54) is 27.4 Å².